The molecule has 13 aromatic rings. The van der Waals surface area contributed by atoms with E-state index in [4.69, 9.17) is 25.3 Å². The van der Waals surface area contributed by atoms with Gasteiger partial charge in [-0.3, -0.25) is 4.90 Å². The predicted octanol–water partition coefficient (Wildman–Crippen LogP) is 23.6. The minimum absolute atomic E-state index is 0.707. The highest BCUT2D eigenvalue weighted by Crippen LogP contribution is 2.34. The van der Waals surface area contributed by atoms with Gasteiger partial charge in [0.15, 0.2) is 0 Å². The highest BCUT2D eigenvalue weighted by molar-refractivity contribution is 5.91. The number of rotatable bonds is 21. The van der Waals surface area contributed by atoms with Gasteiger partial charge in [-0.25, -0.2) is 0 Å². The number of hydrogen-bond acceptors (Lipinski definition) is 15. The van der Waals surface area contributed by atoms with Crippen LogP contribution in [0.25, 0.3) is 77.5 Å². The van der Waals surface area contributed by atoms with Gasteiger partial charge in [0.2, 0.25) is 0 Å². The Labute approximate surface area is 734 Å². The van der Waals surface area contributed by atoms with Crippen LogP contribution >= 0.6 is 0 Å². The molecule has 0 bridgehead atoms. The lowest BCUT2D eigenvalue weighted by molar-refractivity contribution is 0.0398. The molecular formula is C109H111N13O2. The average Bonchev–Trinajstić information content (AvgIpc) is 0.823. The minimum Gasteiger partial charge on any atom is -0.384 e. The third-order valence-electron chi connectivity index (χ3n) is 22.3. The van der Waals surface area contributed by atoms with Crippen molar-refractivity contribution in [3.05, 3.63) is 337 Å². The largest absolute Gasteiger partial charge is 0.384 e. The first-order valence-corrected chi connectivity index (χ1v) is 43.2. The summed E-state index contributed by atoms with van der Waals surface area (Å²) in [5.74, 6) is 0. The molecule has 15 heteroatoms. The molecule has 3 aliphatic heterocycles. The van der Waals surface area contributed by atoms with Crippen LogP contribution in [0.3, 0.4) is 0 Å². The molecule has 0 unspecified atom stereocenters. The van der Waals surface area contributed by atoms with Crippen molar-refractivity contribution in [3.8, 4) is 103 Å². The second-order valence-electron chi connectivity index (χ2n) is 30.5. The van der Waals surface area contributed by atoms with Gasteiger partial charge < -0.3 is 39.3 Å². The lowest BCUT2D eigenvalue weighted by Gasteiger charge is -2.28. The van der Waals surface area contributed by atoms with Crippen LogP contribution in [0.5, 0.6) is 0 Å². The quantitative estimate of drug-likeness (QED) is 0.0714. The fourth-order valence-corrected chi connectivity index (χ4v) is 15.5. The Morgan fingerprint density at radius 1 is 0.315 bits per heavy atom. The zero-order valence-electron chi connectivity index (χ0n) is 72.4. The topological polar surface area (TPSA) is 193 Å². The van der Waals surface area contributed by atoms with Gasteiger partial charge in [0.25, 0.3) is 0 Å². The third kappa shape index (κ3) is 25.4. The van der Waals surface area contributed by atoms with Crippen molar-refractivity contribution in [2.24, 2.45) is 0 Å². The predicted molar refractivity (Wildman–Crippen MR) is 513 cm³/mol. The number of anilines is 6. The molecule has 0 radical (unpaired) electrons. The summed E-state index contributed by atoms with van der Waals surface area (Å²) in [6, 6.07) is 115. The fourth-order valence-electron chi connectivity index (χ4n) is 15.5. The van der Waals surface area contributed by atoms with Gasteiger partial charge in [0.1, 0.15) is 0 Å². The molecule has 3 fully saturated rings. The number of piperidine rings is 1. The van der Waals surface area contributed by atoms with Gasteiger partial charge in [-0.05, 0) is 239 Å². The molecule has 0 aromatic heterocycles. The summed E-state index contributed by atoms with van der Waals surface area (Å²) in [5, 5.41) is 61.0. The van der Waals surface area contributed by atoms with Crippen molar-refractivity contribution in [3.63, 3.8) is 0 Å². The van der Waals surface area contributed by atoms with Gasteiger partial charge in [-0.1, -0.05) is 202 Å². The van der Waals surface area contributed by atoms with E-state index in [1.807, 2.05) is 172 Å². The molecule has 0 aliphatic carbocycles. The highest BCUT2D eigenvalue weighted by Gasteiger charge is 2.17. The van der Waals surface area contributed by atoms with Crippen molar-refractivity contribution in [1.82, 2.24) is 4.90 Å². The van der Waals surface area contributed by atoms with Crippen molar-refractivity contribution in [2.45, 2.75) is 59.8 Å². The van der Waals surface area contributed by atoms with Crippen molar-refractivity contribution in [2.75, 3.05) is 149 Å². The second-order valence-corrected chi connectivity index (χ2v) is 30.5. The van der Waals surface area contributed by atoms with Gasteiger partial charge >= 0.3 is 0 Å². The molecule has 1 N–H and O–H groups in total. The van der Waals surface area contributed by atoms with Crippen LogP contribution in [0, 0.1) is 68.0 Å². The van der Waals surface area contributed by atoms with Crippen LogP contribution in [0.2, 0.25) is 0 Å². The van der Waals surface area contributed by atoms with Crippen LogP contribution in [0.15, 0.2) is 303 Å². The van der Waals surface area contributed by atoms with Crippen LogP contribution in [0.4, 0.5) is 34.1 Å². The molecule has 124 heavy (non-hydrogen) atoms. The van der Waals surface area contributed by atoms with Crippen molar-refractivity contribution in [1.29, 1.82) is 31.6 Å². The maximum absolute atomic E-state index is 9.34. The van der Waals surface area contributed by atoms with Gasteiger partial charge in [0, 0.05) is 127 Å². The van der Waals surface area contributed by atoms with Crippen molar-refractivity contribution >= 4 is 44.9 Å². The minimum atomic E-state index is 0.707. The highest BCUT2D eigenvalue weighted by atomic mass is 16.5. The zero-order valence-corrected chi connectivity index (χ0v) is 72.4. The smallest absolute Gasteiger partial charge is 0.0998 e. The first-order chi connectivity index (χ1) is 60.9. The number of nitrogens with zero attached hydrogens (tertiary/aromatic N) is 12. The number of nitrogens with one attached hydrogen (secondary N) is 1. The first kappa shape index (κ1) is 90.5. The van der Waals surface area contributed by atoms with E-state index in [9.17, 15) is 15.8 Å². The monoisotopic (exact) mass is 1630 g/mol. The van der Waals surface area contributed by atoms with E-state index in [1.54, 1.807) is 0 Å². The Kier molecular flexibility index (Phi) is 35.2. The Balaban J connectivity index is 0.000000146. The Hall–Kier alpha value is -14.3. The van der Waals surface area contributed by atoms with E-state index in [2.05, 4.69) is 244 Å². The standard InChI is InChI=1S/C23H23N3O.C19H22N2.C18H18N2.C17H16N2O.C17H18N2.C15H14N2/c24-17-21-3-1-2-4-23(21)20-6-5-19-16-22(8-7-18(19)15-20)25-9-10-26-11-13-27-14-12-26;1-3-13-21(14-4-2)18-11-9-16(10-12-18)19-8-6-5-7-17(19)15-20;19-14-16-6-2-3-7-18(16)15-8-10-17(11-9-15)20-12-4-1-5-13-20;18-13-15-3-1-2-4-17(15)14-5-7-16(8-6-14)19-9-11-20-12-10-19;1-3-19(4-2)16-11-9-14(10-12-16)17-8-6-5-7-15(17)13-18;1-17(2)14-9-7-12(8-10-14)15-6-4-3-5-13(15)11-16/h1-8,15-16,25H,9-14H2;5-12H,3-4,13-14H2,1-2H3;2-3,6-11H,1,4-5,12-13H2;1-8H,9-12H2;5-12H,3-4H2,1-2H3;3-10H,1-2H3. The maximum atomic E-state index is 9.34. The summed E-state index contributed by atoms with van der Waals surface area (Å²) in [6.45, 7) is 24.4. The summed E-state index contributed by atoms with van der Waals surface area (Å²) in [6.07, 6.45) is 6.24. The summed E-state index contributed by atoms with van der Waals surface area (Å²) in [7, 11) is 4.02. The molecule has 0 saturated carbocycles. The molecule has 3 saturated heterocycles. The van der Waals surface area contributed by atoms with Crippen LogP contribution < -0.4 is 29.8 Å². The molecule has 0 atom stereocenters. The zero-order chi connectivity index (χ0) is 87.0. The van der Waals surface area contributed by atoms with E-state index in [0.717, 1.165) is 213 Å². The van der Waals surface area contributed by atoms with Crippen molar-refractivity contribution < 1.29 is 9.47 Å². The molecule has 13 aromatic carbocycles. The fraction of sp³-hybridized carbons (Fsp3) is 0.248. The number of benzene rings is 13. The number of nitriles is 6. The molecule has 16 rings (SSSR count). The number of hydrogen-bond donors (Lipinski definition) is 1. The van der Waals surface area contributed by atoms with Gasteiger partial charge in [-0.15, -0.1) is 0 Å². The average molecular weight is 1640 g/mol. The number of fused-ring (bicyclic) bond motifs is 1. The summed E-state index contributed by atoms with van der Waals surface area (Å²) >= 11 is 0. The normalized spacial score (nSPS) is 12.6. The molecular weight excluding hydrogens is 1520 g/mol. The summed E-state index contributed by atoms with van der Waals surface area (Å²) in [5.41, 5.74) is 24.1. The SMILES string of the molecule is CCCN(CCC)c1ccc(-c2ccccc2C#N)cc1.CCN(CC)c1ccc(-c2ccccc2C#N)cc1.CN(C)c1ccc(-c2ccccc2C#N)cc1.N#Cc1ccccc1-c1ccc(N2CCCCC2)cc1.N#Cc1ccccc1-c1ccc(N2CCOCC2)cc1.N#Cc1ccccc1-c1ccc2cc(NCCN3CCOCC3)ccc2c1. The maximum Gasteiger partial charge on any atom is 0.0998 e. The summed E-state index contributed by atoms with van der Waals surface area (Å²) in [4.78, 5) is 14.0. The molecule has 0 amide bonds. The lowest BCUT2D eigenvalue weighted by atomic mass is 9.97. The van der Waals surface area contributed by atoms with Gasteiger partial charge in [-0.2, -0.15) is 31.6 Å². The molecule has 3 heterocycles. The molecule has 3 aliphatic rings. The van der Waals surface area contributed by atoms with E-state index in [-0.39, 0.29) is 0 Å². The molecule has 624 valence electrons. The summed E-state index contributed by atoms with van der Waals surface area (Å²) < 4.78 is 10.8. The van der Waals surface area contributed by atoms with E-state index in [0.29, 0.717) is 16.7 Å². The first-order valence-electron chi connectivity index (χ1n) is 43.2. The number of morpholine rings is 2. The van der Waals surface area contributed by atoms with E-state index < -0.39 is 0 Å². The second kappa shape index (κ2) is 48.3. The van der Waals surface area contributed by atoms with Crippen LogP contribution in [0.1, 0.15) is 93.2 Å². The Morgan fingerprint density at radius 2 is 0.621 bits per heavy atom. The Bertz CT molecular complexity index is 5670. The Morgan fingerprint density at radius 3 is 0.976 bits per heavy atom. The third-order valence-corrected chi connectivity index (χ3v) is 22.3. The van der Waals surface area contributed by atoms with E-state index >= 15 is 0 Å². The molecule has 15 nitrogen and oxygen atoms in total. The number of ether oxygens (including phenoxy) is 2. The van der Waals surface area contributed by atoms with Crippen LogP contribution in [-0.4, -0.2) is 124 Å². The van der Waals surface area contributed by atoms with E-state index in [1.165, 1.54) is 52.8 Å². The van der Waals surface area contributed by atoms with Crippen LogP contribution in [-0.2, 0) is 9.47 Å². The molecule has 0 spiro atoms. The van der Waals surface area contributed by atoms with Gasteiger partial charge in [0.05, 0.1) is 96.2 Å². The lowest BCUT2D eigenvalue weighted by Crippen LogP contribution is -2.38.